The van der Waals surface area contributed by atoms with E-state index in [0.717, 1.165) is 12.8 Å². The molecule has 3 heteroatoms. The first-order chi connectivity index (χ1) is 7.70. The van der Waals surface area contributed by atoms with Gasteiger partial charge in [-0.3, -0.25) is 4.79 Å². The predicted octanol–water partition coefficient (Wildman–Crippen LogP) is 2.80. The van der Waals surface area contributed by atoms with Gasteiger partial charge in [0.25, 0.3) is 0 Å². The van der Waals surface area contributed by atoms with Crippen LogP contribution in [-0.4, -0.2) is 5.78 Å². The lowest BCUT2D eigenvalue weighted by molar-refractivity contribution is -0.119. The highest BCUT2D eigenvalue weighted by Crippen LogP contribution is 2.34. The molecule has 1 aromatic rings. The molecule has 0 spiro atoms. The van der Waals surface area contributed by atoms with Crippen molar-refractivity contribution in [3.8, 4) is 6.07 Å². The van der Waals surface area contributed by atoms with Gasteiger partial charge in [-0.1, -0.05) is 12.1 Å². The molecule has 0 saturated heterocycles. The topological polar surface area (TPSA) is 40.9 Å². The summed E-state index contributed by atoms with van der Waals surface area (Å²) in [7, 11) is 0. The Labute approximate surface area is 93.7 Å². The van der Waals surface area contributed by atoms with Crippen LogP contribution in [0, 0.1) is 23.1 Å². The van der Waals surface area contributed by atoms with Gasteiger partial charge in [0, 0.05) is 6.42 Å². The Morgan fingerprint density at radius 2 is 2.06 bits per heavy atom. The van der Waals surface area contributed by atoms with Crippen molar-refractivity contribution in [2.45, 2.75) is 25.2 Å². The molecular weight excluding hydrogens is 205 g/mol. The van der Waals surface area contributed by atoms with Gasteiger partial charge in [0.05, 0.1) is 6.07 Å². The highest BCUT2D eigenvalue weighted by Gasteiger charge is 2.29. The van der Waals surface area contributed by atoms with Crippen LogP contribution in [0.25, 0.3) is 0 Å². The van der Waals surface area contributed by atoms with Gasteiger partial charge in [-0.25, -0.2) is 4.39 Å². The number of hydrogen-bond acceptors (Lipinski definition) is 2. The first-order valence-corrected chi connectivity index (χ1v) is 5.38. The van der Waals surface area contributed by atoms with Crippen molar-refractivity contribution in [2.75, 3.05) is 0 Å². The smallest absolute Gasteiger partial charge is 0.154 e. The van der Waals surface area contributed by atoms with Crippen molar-refractivity contribution in [1.29, 1.82) is 5.26 Å². The van der Waals surface area contributed by atoms with Crippen LogP contribution in [-0.2, 0) is 4.79 Å². The van der Waals surface area contributed by atoms with Gasteiger partial charge in [0.2, 0.25) is 0 Å². The molecular formula is C13H12FNO. The van der Waals surface area contributed by atoms with E-state index < -0.39 is 5.92 Å². The van der Waals surface area contributed by atoms with E-state index in [2.05, 4.69) is 0 Å². The van der Waals surface area contributed by atoms with Crippen LogP contribution in [0.4, 0.5) is 4.39 Å². The average Bonchev–Trinajstić information content (AvgIpc) is 3.06. The highest BCUT2D eigenvalue weighted by atomic mass is 19.1. The molecule has 0 aliphatic heterocycles. The molecule has 2 nitrogen and oxygen atoms in total. The van der Waals surface area contributed by atoms with Crippen molar-refractivity contribution < 1.29 is 9.18 Å². The van der Waals surface area contributed by atoms with Crippen molar-refractivity contribution in [1.82, 2.24) is 0 Å². The fourth-order valence-electron chi connectivity index (χ4n) is 1.71. The molecule has 0 aromatic heterocycles. The Kier molecular flexibility index (Phi) is 3.00. The number of carbonyl (C=O) groups excluding carboxylic acids is 1. The van der Waals surface area contributed by atoms with E-state index >= 15 is 0 Å². The number of nitriles is 1. The van der Waals surface area contributed by atoms with Gasteiger partial charge in [-0.2, -0.15) is 5.26 Å². The van der Waals surface area contributed by atoms with Crippen LogP contribution in [0.2, 0.25) is 0 Å². The quantitative estimate of drug-likeness (QED) is 0.778. The molecule has 1 unspecified atom stereocenters. The summed E-state index contributed by atoms with van der Waals surface area (Å²) in [5.74, 6) is -0.656. The zero-order valence-corrected chi connectivity index (χ0v) is 8.82. The minimum absolute atomic E-state index is 0.0448. The summed E-state index contributed by atoms with van der Waals surface area (Å²) >= 11 is 0. The van der Waals surface area contributed by atoms with Crippen LogP contribution >= 0.6 is 0 Å². The second-order valence-corrected chi connectivity index (χ2v) is 4.23. The monoisotopic (exact) mass is 217 g/mol. The second kappa shape index (κ2) is 4.44. The maximum Gasteiger partial charge on any atom is 0.154 e. The fraction of sp³-hybridized carbons (Fsp3) is 0.385. The molecule has 0 heterocycles. The lowest BCUT2D eigenvalue weighted by Crippen LogP contribution is -2.11. The van der Waals surface area contributed by atoms with E-state index in [1.54, 1.807) is 0 Å². The number of carbonyl (C=O) groups is 1. The molecule has 0 bridgehead atoms. The third-order valence-corrected chi connectivity index (χ3v) is 2.84. The Bertz CT molecular complexity index is 428. The summed E-state index contributed by atoms with van der Waals surface area (Å²) in [5.41, 5.74) is 0.592. The SMILES string of the molecule is N#CC(C(=O)CC1CC1)c1ccc(F)cc1. The normalized spacial score (nSPS) is 16.5. The first kappa shape index (κ1) is 10.8. The third kappa shape index (κ3) is 2.46. The van der Waals surface area contributed by atoms with Gasteiger partial charge in [-0.15, -0.1) is 0 Å². The van der Waals surface area contributed by atoms with Gasteiger partial charge >= 0.3 is 0 Å². The van der Waals surface area contributed by atoms with Gasteiger partial charge in [-0.05, 0) is 36.5 Å². The first-order valence-electron chi connectivity index (χ1n) is 5.38. The second-order valence-electron chi connectivity index (χ2n) is 4.23. The number of nitrogens with zero attached hydrogens (tertiary/aromatic N) is 1. The highest BCUT2D eigenvalue weighted by molar-refractivity contribution is 5.88. The average molecular weight is 217 g/mol. The lowest BCUT2D eigenvalue weighted by atomic mass is 9.93. The number of benzene rings is 1. The summed E-state index contributed by atoms with van der Waals surface area (Å²) in [5, 5.41) is 8.99. The molecule has 16 heavy (non-hydrogen) atoms. The molecule has 1 aromatic carbocycles. The minimum atomic E-state index is -0.735. The molecule has 1 aliphatic rings. The van der Waals surface area contributed by atoms with Crippen molar-refractivity contribution >= 4 is 5.78 Å². The number of ketones is 1. The van der Waals surface area contributed by atoms with E-state index in [-0.39, 0.29) is 11.6 Å². The largest absolute Gasteiger partial charge is 0.298 e. The van der Waals surface area contributed by atoms with Gasteiger partial charge in [0.15, 0.2) is 5.78 Å². The Hall–Kier alpha value is -1.69. The zero-order chi connectivity index (χ0) is 11.5. The summed E-state index contributed by atoms with van der Waals surface area (Å²) in [4.78, 5) is 11.8. The third-order valence-electron chi connectivity index (χ3n) is 2.84. The molecule has 1 saturated carbocycles. The molecule has 1 atom stereocenters. The lowest BCUT2D eigenvalue weighted by Gasteiger charge is -2.07. The van der Waals surface area contributed by atoms with E-state index in [1.165, 1.54) is 24.3 Å². The molecule has 0 N–H and O–H groups in total. The van der Waals surface area contributed by atoms with Crippen LogP contribution in [0.5, 0.6) is 0 Å². The van der Waals surface area contributed by atoms with Crippen molar-refractivity contribution in [3.05, 3.63) is 35.6 Å². The number of Topliss-reactive ketones (excluding diaryl/α,β-unsaturated/α-hetero) is 1. The summed E-state index contributed by atoms with van der Waals surface area (Å²) in [6, 6.07) is 7.58. The zero-order valence-electron chi connectivity index (χ0n) is 8.82. The molecule has 0 amide bonds. The molecule has 1 aliphatic carbocycles. The summed E-state index contributed by atoms with van der Waals surface area (Å²) in [6.07, 6.45) is 2.66. The maximum absolute atomic E-state index is 12.7. The van der Waals surface area contributed by atoms with Crippen LogP contribution < -0.4 is 0 Å². The van der Waals surface area contributed by atoms with E-state index in [9.17, 15) is 9.18 Å². The Morgan fingerprint density at radius 3 is 2.56 bits per heavy atom. The van der Waals surface area contributed by atoms with Crippen molar-refractivity contribution in [2.24, 2.45) is 5.92 Å². The Morgan fingerprint density at radius 1 is 1.44 bits per heavy atom. The molecule has 1 fully saturated rings. The fourth-order valence-corrected chi connectivity index (χ4v) is 1.71. The van der Waals surface area contributed by atoms with E-state index in [4.69, 9.17) is 5.26 Å². The van der Waals surface area contributed by atoms with Crippen molar-refractivity contribution in [3.63, 3.8) is 0 Å². The van der Waals surface area contributed by atoms with Crippen LogP contribution in [0.1, 0.15) is 30.7 Å². The minimum Gasteiger partial charge on any atom is -0.298 e. The maximum atomic E-state index is 12.7. The van der Waals surface area contributed by atoms with Crippen LogP contribution in [0.3, 0.4) is 0 Å². The van der Waals surface area contributed by atoms with E-state index in [0.29, 0.717) is 17.9 Å². The number of halogens is 1. The predicted molar refractivity (Wildman–Crippen MR) is 57.1 cm³/mol. The van der Waals surface area contributed by atoms with E-state index in [1.807, 2.05) is 6.07 Å². The molecule has 2 rings (SSSR count). The molecule has 82 valence electrons. The summed E-state index contributed by atoms with van der Waals surface area (Å²) in [6.45, 7) is 0. The van der Waals surface area contributed by atoms with Gasteiger partial charge in [0.1, 0.15) is 11.7 Å². The standard InChI is InChI=1S/C13H12FNO/c14-11-5-3-10(4-6-11)12(8-15)13(16)7-9-1-2-9/h3-6,9,12H,1-2,7H2. The number of hydrogen-bond donors (Lipinski definition) is 0. The molecule has 0 radical (unpaired) electrons. The number of rotatable bonds is 4. The van der Waals surface area contributed by atoms with Crippen LogP contribution in [0.15, 0.2) is 24.3 Å². The summed E-state index contributed by atoms with van der Waals surface area (Å²) < 4.78 is 12.7. The Balaban J connectivity index is 2.12. The van der Waals surface area contributed by atoms with Gasteiger partial charge < -0.3 is 0 Å².